The van der Waals surface area contributed by atoms with Gasteiger partial charge in [0.1, 0.15) is 0 Å². The Morgan fingerprint density at radius 2 is 1.88 bits per heavy atom. The Bertz CT molecular complexity index is 565. The van der Waals surface area contributed by atoms with Crippen molar-refractivity contribution in [3.05, 3.63) is 70.6 Å². The quantitative estimate of drug-likeness (QED) is 0.377. The highest BCUT2D eigenvalue weighted by Crippen LogP contribution is 2.14. The van der Waals surface area contributed by atoms with Gasteiger partial charge in [-0.15, -0.1) is 0 Å². The Balaban J connectivity index is 2.38. The summed E-state index contributed by atoms with van der Waals surface area (Å²) in [6.45, 7) is 0. The van der Waals surface area contributed by atoms with Gasteiger partial charge in [0.25, 0.3) is 5.69 Å². The van der Waals surface area contributed by atoms with Crippen LogP contribution in [0.1, 0.15) is 15.9 Å². The molecule has 0 saturated heterocycles. The Labute approximate surface area is 98.2 Å². The molecule has 0 heterocycles. The molecule has 0 atom stereocenters. The Morgan fingerprint density at radius 3 is 2.53 bits per heavy atom. The van der Waals surface area contributed by atoms with Gasteiger partial charge in [0.05, 0.1) is 4.91 Å². The molecule has 0 unspecified atom stereocenters. The summed E-state index contributed by atoms with van der Waals surface area (Å²) >= 11 is 0. The third-order valence-corrected chi connectivity index (χ3v) is 2.32. The summed E-state index contributed by atoms with van der Waals surface area (Å²) in [5.74, 6) is 4.89. The summed E-state index contributed by atoms with van der Waals surface area (Å²) in [7, 11) is 0. The lowest BCUT2D eigenvalue weighted by atomic mass is 10.0. The van der Waals surface area contributed by atoms with Gasteiger partial charge in [-0.1, -0.05) is 30.3 Å². The lowest BCUT2D eigenvalue weighted by Gasteiger charge is -1.99. The molecule has 0 amide bonds. The minimum atomic E-state index is -0.186. The first-order valence-electron chi connectivity index (χ1n) is 5.02. The molecule has 83 valence electrons. The predicted molar refractivity (Wildman–Crippen MR) is 62.6 cm³/mol. The lowest BCUT2D eigenvalue weighted by Crippen LogP contribution is -2.10. The van der Waals surface area contributed by atoms with Crippen molar-refractivity contribution >= 4 is 11.5 Å². The van der Waals surface area contributed by atoms with E-state index in [0.717, 1.165) is 0 Å². The van der Waals surface area contributed by atoms with Gasteiger partial charge in [-0.3, -0.25) is 4.79 Å². The van der Waals surface area contributed by atoms with Gasteiger partial charge >= 0.3 is 0 Å². The van der Waals surface area contributed by atoms with E-state index in [9.17, 15) is 9.70 Å². The van der Waals surface area contributed by atoms with Crippen LogP contribution in [0.2, 0.25) is 0 Å². The standard InChI is InChI=1S/C13H10N2O2/c14-15(17)12-8-4-7-11(9-12)13(16)10-5-2-1-3-6-10/h1-6,8-9H,(H2,14,17)/q+1. The molecule has 0 spiro atoms. The molecular weight excluding hydrogens is 216 g/mol. The first-order valence-corrected chi connectivity index (χ1v) is 5.02. The molecule has 0 bridgehead atoms. The number of hydrogen-bond acceptors (Lipinski definition) is 2. The maximum Gasteiger partial charge on any atom is 0.292 e. The van der Waals surface area contributed by atoms with Gasteiger partial charge in [-0.25, -0.2) is 0 Å². The number of rotatable bonds is 3. The van der Waals surface area contributed by atoms with E-state index in [4.69, 9.17) is 5.84 Å². The van der Waals surface area contributed by atoms with Crippen LogP contribution in [-0.4, -0.2) is 10.7 Å². The van der Waals surface area contributed by atoms with Gasteiger partial charge in [-0.2, -0.15) is 5.84 Å². The van der Waals surface area contributed by atoms with Gasteiger partial charge in [0.15, 0.2) is 10.7 Å². The van der Waals surface area contributed by atoms with E-state index in [-0.39, 0.29) is 16.3 Å². The van der Waals surface area contributed by atoms with Crippen molar-refractivity contribution in [2.45, 2.75) is 0 Å². The highest BCUT2D eigenvalue weighted by atomic mass is 16.3. The molecule has 0 fully saturated rings. The number of hydrogen-bond donors (Lipinski definition) is 1. The molecule has 4 nitrogen and oxygen atoms in total. The van der Waals surface area contributed by atoms with E-state index in [1.54, 1.807) is 24.3 Å². The summed E-state index contributed by atoms with van der Waals surface area (Å²) in [5, 5.41) is 0. The van der Waals surface area contributed by atoms with Crippen molar-refractivity contribution in [1.82, 2.24) is 0 Å². The van der Waals surface area contributed by atoms with Crippen molar-refractivity contribution < 1.29 is 9.66 Å². The van der Waals surface area contributed by atoms with Crippen LogP contribution in [0.5, 0.6) is 0 Å². The minimum Gasteiger partial charge on any atom is -0.289 e. The molecule has 0 aliphatic heterocycles. The largest absolute Gasteiger partial charge is 0.292 e. The predicted octanol–water partition coefficient (Wildman–Crippen LogP) is 2.00. The van der Waals surface area contributed by atoms with E-state index < -0.39 is 0 Å². The fraction of sp³-hybridized carbons (Fsp3) is 0. The summed E-state index contributed by atoms with van der Waals surface area (Å²) < 4.78 is 0. The summed E-state index contributed by atoms with van der Waals surface area (Å²) in [4.78, 5) is 23.2. The average molecular weight is 226 g/mol. The second-order valence-electron chi connectivity index (χ2n) is 3.48. The molecule has 4 heteroatoms. The molecule has 2 aromatic carbocycles. The molecule has 0 aliphatic rings. The van der Waals surface area contributed by atoms with Crippen molar-refractivity contribution in [2.75, 3.05) is 0 Å². The van der Waals surface area contributed by atoms with Crippen LogP contribution in [0.4, 0.5) is 5.69 Å². The summed E-state index contributed by atoms with van der Waals surface area (Å²) in [6.07, 6.45) is 0. The van der Waals surface area contributed by atoms with E-state index in [2.05, 4.69) is 6.07 Å². The van der Waals surface area contributed by atoms with Crippen LogP contribution in [0.3, 0.4) is 0 Å². The van der Waals surface area contributed by atoms with Gasteiger partial charge in [0, 0.05) is 23.3 Å². The van der Waals surface area contributed by atoms with Crippen molar-refractivity contribution in [2.24, 2.45) is 5.84 Å². The second kappa shape index (κ2) is 4.57. The summed E-state index contributed by atoms with van der Waals surface area (Å²) in [5.41, 5.74) is 1.10. The molecule has 2 rings (SSSR count). The number of benzene rings is 2. The third kappa shape index (κ3) is 2.36. The smallest absolute Gasteiger partial charge is 0.289 e. The van der Waals surface area contributed by atoms with Crippen molar-refractivity contribution in [3.63, 3.8) is 0 Å². The van der Waals surface area contributed by atoms with Gasteiger partial charge in [-0.05, 0) is 12.1 Å². The highest BCUT2D eigenvalue weighted by molar-refractivity contribution is 6.09. The zero-order chi connectivity index (χ0) is 12.3. The summed E-state index contributed by atoms with van der Waals surface area (Å²) in [6, 6.07) is 16.0. The number of nitrogens with two attached hydrogens (primary N) is 1. The Hall–Kier alpha value is -2.49. The van der Waals surface area contributed by atoms with Crippen LogP contribution < -0.4 is 5.84 Å². The molecule has 2 aromatic rings. The first-order chi connectivity index (χ1) is 8.18. The average Bonchev–Trinajstić information content (AvgIpc) is 2.39. The van der Waals surface area contributed by atoms with Gasteiger partial charge in [0.2, 0.25) is 0 Å². The fourth-order valence-electron chi connectivity index (χ4n) is 1.47. The van der Waals surface area contributed by atoms with E-state index in [1.165, 1.54) is 18.2 Å². The SMILES string of the molecule is N[N+](=O)c1cc[c]c(C(=O)c2ccccc2)c1. The minimum absolute atomic E-state index is 0.186. The van der Waals surface area contributed by atoms with Crippen LogP contribution in [-0.2, 0) is 0 Å². The van der Waals surface area contributed by atoms with Crippen LogP contribution in [0.15, 0.2) is 48.5 Å². The van der Waals surface area contributed by atoms with Crippen molar-refractivity contribution in [3.8, 4) is 0 Å². The monoisotopic (exact) mass is 226 g/mol. The van der Waals surface area contributed by atoms with E-state index in [1.807, 2.05) is 6.07 Å². The van der Waals surface area contributed by atoms with Crippen LogP contribution in [0, 0.1) is 11.0 Å². The highest BCUT2D eigenvalue weighted by Gasteiger charge is 2.14. The van der Waals surface area contributed by atoms with E-state index >= 15 is 0 Å². The molecule has 1 radical (unpaired) electrons. The molecule has 0 saturated carbocycles. The van der Waals surface area contributed by atoms with Crippen LogP contribution in [0.25, 0.3) is 0 Å². The Kier molecular flexibility index (Phi) is 2.96. The Morgan fingerprint density at radius 1 is 1.18 bits per heavy atom. The second-order valence-corrected chi connectivity index (χ2v) is 3.48. The zero-order valence-corrected chi connectivity index (χ0v) is 8.96. The topological polar surface area (TPSA) is 63.2 Å². The number of nitrogens with zero attached hydrogens (tertiary/aromatic N) is 1. The zero-order valence-electron chi connectivity index (χ0n) is 8.96. The normalized spacial score (nSPS) is 9.88. The first kappa shape index (κ1) is 11.0. The number of carbonyl (C=O) groups excluding carboxylic acids is 1. The lowest BCUT2D eigenvalue weighted by molar-refractivity contribution is -0.474. The molecular formula is C13H10N2O2+. The third-order valence-electron chi connectivity index (χ3n) is 2.32. The molecule has 17 heavy (non-hydrogen) atoms. The number of ketones is 1. The number of nitroso groups, excluding NO2 is 1. The van der Waals surface area contributed by atoms with Crippen molar-refractivity contribution in [1.29, 1.82) is 0 Å². The maximum absolute atomic E-state index is 12.0. The number of carbonyl (C=O) groups is 1. The molecule has 0 aromatic heterocycles. The maximum atomic E-state index is 12.0. The number of hydrazine groups is 1. The van der Waals surface area contributed by atoms with Gasteiger partial charge < -0.3 is 0 Å². The molecule has 0 aliphatic carbocycles. The fourth-order valence-corrected chi connectivity index (χ4v) is 1.47. The van der Waals surface area contributed by atoms with Crippen LogP contribution >= 0.6 is 0 Å². The molecule has 2 N–H and O–H groups in total. The van der Waals surface area contributed by atoms with E-state index in [0.29, 0.717) is 11.1 Å².